The molecule has 0 spiro atoms. The van der Waals surface area contributed by atoms with Crippen LogP contribution in [-0.4, -0.2) is 36.7 Å². The summed E-state index contributed by atoms with van der Waals surface area (Å²) >= 11 is 0. The van der Waals surface area contributed by atoms with Crippen LogP contribution in [0.25, 0.3) is 0 Å². The first kappa shape index (κ1) is 21.2. The van der Waals surface area contributed by atoms with Gasteiger partial charge in [-0.2, -0.15) is 13.2 Å². The monoisotopic (exact) mass is 427 g/mol. The molecule has 1 atom stereocenters. The second-order valence-corrected chi connectivity index (χ2v) is 8.14. The van der Waals surface area contributed by atoms with Gasteiger partial charge in [0.1, 0.15) is 5.70 Å². The topological polar surface area (TPSA) is 35.9 Å². The lowest BCUT2D eigenvalue weighted by molar-refractivity contribution is -0.137. The summed E-state index contributed by atoms with van der Waals surface area (Å²) in [5.41, 5.74) is 2.30. The molecule has 0 saturated carbocycles. The highest BCUT2D eigenvalue weighted by Crippen LogP contribution is 2.45. The van der Waals surface area contributed by atoms with Gasteiger partial charge in [-0.1, -0.05) is 44.2 Å². The van der Waals surface area contributed by atoms with Crippen molar-refractivity contribution in [3.63, 3.8) is 0 Å². The predicted octanol–water partition coefficient (Wildman–Crippen LogP) is 5.09. The number of amides is 1. The molecule has 0 N–H and O–H groups in total. The molecule has 4 rings (SSSR count). The maximum absolute atomic E-state index is 13.7. The molecule has 0 bridgehead atoms. The Hall–Kier alpha value is -3.09. The van der Waals surface area contributed by atoms with Gasteiger partial charge >= 0.3 is 6.18 Å². The van der Waals surface area contributed by atoms with Crippen LogP contribution in [0.4, 0.5) is 18.9 Å². The zero-order valence-electron chi connectivity index (χ0n) is 17.6. The van der Waals surface area contributed by atoms with Crippen LogP contribution in [-0.2, 0) is 11.0 Å². The molecule has 2 heterocycles. The zero-order chi connectivity index (χ0) is 22.3. The van der Waals surface area contributed by atoms with Crippen molar-refractivity contribution in [3.05, 3.63) is 77.0 Å². The maximum Gasteiger partial charge on any atom is 0.416 e. The molecule has 0 radical (unpaired) electrons. The quantitative estimate of drug-likeness (QED) is 0.684. The van der Waals surface area contributed by atoms with E-state index in [1.54, 1.807) is 23.1 Å². The van der Waals surface area contributed by atoms with E-state index in [-0.39, 0.29) is 11.8 Å². The number of rotatable bonds is 3. The summed E-state index contributed by atoms with van der Waals surface area (Å²) in [6.45, 7) is 5.09. The lowest BCUT2D eigenvalue weighted by atomic mass is 9.89. The van der Waals surface area contributed by atoms with E-state index in [0.717, 1.165) is 17.8 Å². The molecule has 2 aliphatic heterocycles. The molecule has 31 heavy (non-hydrogen) atoms. The number of anilines is 1. The minimum Gasteiger partial charge on any atom is -0.368 e. The Balaban J connectivity index is 1.97. The number of nitrogens with zero attached hydrogens (tertiary/aromatic N) is 3. The van der Waals surface area contributed by atoms with Crippen LogP contribution in [0, 0.1) is 5.92 Å². The minimum atomic E-state index is -4.47. The lowest BCUT2D eigenvalue weighted by Gasteiger charge is -2.29. The standard InChI is InChI=1S/C24H24F3N3O/c1-15(2)20-19-21(16-8-7-9-17(14-16)24(25,26)27)30(18-10-5-4-6-11-18)23(31)22(19)29(3)13-12-28-20/h4-11,14-15,21H,12-13H2,1-3H3. The molecule has 0 aliphatic carbocycles. The van der Waals surface area contributed by atoms with Crippen LogP contribution in [0.5, 0.6) is 0 Å². The minimum absolute atomic E-state index is 0.0216. The Kier molecular flexibility index (Phi) is 5.37. The molecule has 1 amide bonds. The summed E-state index contributed by atoms with van der Waals surface area (Å²) in [6, 6.07) is 13.6. The van der Waals surface area contributed by atoms with Crippen molar-refractivity contribution in [3.8, 4) is 0 Å². The first-order valence-corrected chi connectivity index (χ1v) is 10.3. The fraction of sp³-hybridized carbons (Fsp3) is 0.333. The van der Waals surface area contributed by atoms with Crippen molar-refractivity contribution >= 4 is 17.3 Å². The number of aliphatic imine (C=N–C) groups is 1. The summed E-state index contributed by atoms with van der Waals surface area (Å²) in [5.74, 6) is -0.199. The first-order valence-electron chi connectivity index (χ1n) is 10.3. The van der Waals surface area contributed by atoms with Crippen molar-refractivity contribution in [1.29, 1.82) is 0 Å². The van der Waals surface area contributed by atoms with Crippen molar-refractivity contribution in [2.45, 2.75) is 26.1 Å². The third kappa shape index (κ3) is 3.73. The molecule has 162 valence electrons. The van der Waals surface area contributed by atoms with E-state index < -0.39 is 17.8 Å². The Morgan fingerprint density at radius 2 is 1.77 bits per heavy atom. The van der Waals surface area contributed by atoms with Crippen LogP contribution in [0.3, 0.4) is 0 Å². The third-order valence-electron chi connectivity index (χ3n) is 5.69. The molecule has 2 aliphatic rings. The summed E-state index contributed by atoms with van der Waals surface area (Å²) in [6.07, 6.45) is -4.47. The Morgan fingerprint density at radius 1 is 1.06 bits per heavy atom. The van der Waals surface area contributed by atoms with Crippen LogP contribution >= 0.6 is 0 Å². The Bertz CT molecular complexity index is 1060. The van der Waals surface area contributed by atoms with Crippen LogP contribution in [0.1, 0.15) is 31.0 Å². The number of halogens is 3. The van der Waals surface area contributed by atoms with Gasteiger partial charge in [0, 0.05) is 30.6 Å². The van der Waals surface area contributed by atoms with E-state index in [2.05, 4.69) is 0 Å². The fourth-order valence-corrected chi connectivity index (χ4v) is 4.30. The maximum atomic E-state index is 13.7. The van der Waals surface area contributed by atoms with Crippen molar-refractivity contribution in [2.24, 2.45) is 10.9 Å². The van der Waals surface area contributed by atoms with E-state index in [1.165, 1.54) is 6.07 Å². The molecule has 0 saturated heterocycles. The van der Waals surface area contributed by atoms with Gasteiger partial charge < -0.3 is 4.90 Å². The van der Waals surface area contributed by atoms with Gasteiger partial charge in [0.15, 0.2) is 0 Å². The normalized spacial score (nSPS) is 19.6. The largest absolute Gasteiger partial charge is 0.416 e. The number of carbonyl (C=O) groups excluding carboxylic acids is 1. The summed E-state index contributed by atoms with van der Waals surface area (Å²) in [7, 11) is 1.84. The van der Waals surface area contributed by atoms with E-state index in [4.69, 9.17) is 4.99 Å². The summed E-state index contributed by atoms with van der Waals surface area (Å²) in [5, 5.41) is 0. The van der Waals surface area contributed by atoms with Crippen LogP contribution < -0.4 is 4.90 Å². The molecule has 0 aromatic heterocycles. The van der Waals surface area contributed by atoms with Crippen LogP contribution in [0.15, 0.2) is 70.9 Å². The predicted molar refractivity (Wildman–Crippen MR) is 115 cm³/mol. The van der Waals surface area contributed by atoms with E-state index >= 15 is 0 Å². The zero-order valence-corrected chi connectivity index (χ0v) is 17.6. The smallest absolute Gasteiger partial charge is 0.368 e. The first-order chi connectivity index (χ1) is 14.7. The number of carbonyl (C=O) groups is 1. The fourth-order valence-electron chi connectivity index (χ4n) is 4.30. The van der Waals surface area contributed by atoms with Gasteiger partial charge in [-0.25, -0.2) is 0 Å². The van der Waals surface area contributed by atoms with Gasteiger partial charge in [0.25, 0.3) is 5.91 Å². The third-order valence-corrected chi connectivity index (χ3v) is 5.69. The molecular formula is C24H24F3N3O. The summed E-state index contributed by atoms with van der Waals surface area (Å²) in [4.78, 5) is 21.9. The number of alkyl halides is 3. The van der Waals surface area contributed by atoms with Gasteiger partial charge in [-0.05, 0) is 35.7 Å². The number of hydrogen-bond acceptors (Lipinski definition) is 3. The van der Waals surface area contributed by atoms with Crippen molar-refractivity contribution in [2.75, 3.05) is 25.0 Å². The highest BCUT2D eigenvalue weighted by atomic mass is 19.4. The Morgan fingerprint density at radius 3 is 2.42 bits per heavy atom. The number of hydrogen-bond donors (Lipinski definition) is 0. The molecule has 0 fully saturated rings. The van der Waals surface area contributed by atoms with Gasteiger partial charge in [0.2, 0.25) is 0 Å². The van der Waals surface area contributed by atoms with Gasteiger partial charge in [0.05, 0.1) is 18.2 Å². The average Bonchev–Trinajstić information content (AvgIpc) is 2.91. The number of benzene rings is 2. The van der Waals surface area contributed by atoms with Crippen molar-refractivity contribution in [1.82, 2.24) is 4.90 Å². The second-order valence-electron chi connectivity index (χ2n) is 8.14. The second kappa shape index (κ2) is 7.87. The average molecular weight is 427 g/mol. The number of likely N-dealkylation sites (N-methyl/N-ethyl adjacent to an activating group) is 1. The Labute approximate surface area is 179 Å². The van der Waals surface area contributed by atoms with E-state index in [9.17, 15) is 18.0 Å². The molecule has 1 unspecified atom stereocenters. The SMILES string of the molecule is CC(C)C1=NCCN(C)C2=C1C(c1cccc(C(F)(F)F)c1)N(c1ccccc1)C2=O. The van der Waals surface area contributed by atoms with Crippen LogP contribution in [0.2, 0.25) is 0 Å². The molecule has 4 nitrogen and oxygen atoms in total. The molecular weight excluding hydrogens is 403 g/mol. The molecule has 2 aromatic carbocycles. The molecule has 2 aromatic rings. The van der Waals surface area contributed by atoms with E-state index in [0.29, 0.717) is 35.6 Å². The lowest BCUT2D eigenvalue weighted by Crippen LogP contribution is -2.34. The van der Waals surface area contributed by atoms with Gasteiger partial charge in [-0.15, -0.1) is 0 Å². The highest BCUT2D eigenvalue weighted by molar-refractivity contribution is 6.19. The molecule has 7 heteroatoms. The van der Waals surface area contributed by atoms with Crippen molar-refractivity contribution < 1.29 is 18.0 Å². The number of para-hydroxylation sites is 1. The highest BCUT2D eigenvalue weighted by Gasteiger charge is 2.46. The van der Waals surface area contributed by atoms with Gasteiger partial charge in [-0.3, -0.25) is 14.7 Å². The summed E-state index contributed by atoms with van der Waals surface area (Å²) < 4.78 is 40.5. The van der Waals surface area contributed by atoms with E-state index in [1.807, 2.05) is 44.0 Å².